The van der Waals surface area contributed by atoms with E-state index < -0.39 is 0 Å². The third kappa shape index (κ3) is 1.54. The maximum Gasteiger partial charge on any atom is 0.267 e. The highest BCUT2D eigenvalue weighted by atomic mass is 16.1. The molecule has 0 saturated carbocycles. The molecule has 6 nitrogen and oxygen atoms in total. The van der Waals surface area contributed by atoms with Crippen LogP contribution in [0.25, 0.3) is 38.5 Å². The van der Waals surface area contributed by atoms with Crippen molar-refractivity contribution in [3.05, 3.63) is 65.0 Å². The molecule has 0 radical (unpaired) electrons. The Morgan fingerprint density at radius 3 is 2.71 bits per heavy atom. The molecule has 5 rings (SSSR count). The summed E-state index contributed by atoms with van der Waals surface area (Å²) < 4.78 is 1.54. The Kier molecular flexibility index (Phi) is 2.42. The summed E-state index contributed by atoms with van der Waals surface area (Å²) in [5.41, 5.74) is 10.3. The Balaban J connectivity index is 2.11. The van der Waals surface area contributed by atoms with Gasteiger partial charge in [-0.25, -0.2) is 10.5 Å². The fourth-order valence-corrected chi connectivity index (χ4v) is 3.26. The van der Waals surface area contributed by atoms with Crippen LogP contribution in [0.15, 0.2) is 64.5 Å². The molecule has 0 fully saturated rings. The number of hydrogen-bond donors (Lipinski definition) is 2. The number of nitrogens with one attached hydrogen (secondary N) is 2. The lowest BCUT2D eigenvalue weighted by Crippen LogP contribution is -2.14. The van der Waals surface area contributed by atoms with E-state index in [0.29, 0.717) is 27.9 Å². The van der Waals surface area contributed by atoms with Crippen molar-refractivity contribution in [2.75, 3.05) is 0 Å². The monoisotopic (exact) mass is 313 g/mol. The molecule has 5 aromatic rings. The minimum absolute atomic E-state index is 0.164. The zero-order chi connectivity index (χ0) is 16.3. The molecule has 0 aliphatic rings. The molecule has 0 spiro atoms. The SMILES string of the molecule is N=Nc1c2ccccc2n2c(=O)c3cc4ccccc4[nH]c3nc12. The molecule has 0 aliphatic carbocycles. The number of hydrogen-bond acceptors (Lipinski definition) is 4. The molecule has 2 aromatic carbocycles. The summed E-state index contributed by atoms with van der Waals surface area (Å²) in [7, 11) is 0. The number of H-pyrrole nitrogens is 1. The van der Waals surface area contributed by atoms with Crippen molar-refractivity contribution in [2.24, 2.45) is 5.11 Å². The van der Waals surface area contributed by atoms with E-state index in [4.69, 9.17) is 5.53 Å². The zero-order valence-corrected chi connectivity index (χ0v) is 12.4. The van der Waals surface area contributed by atoms with Gasteiger partial charge in [0.2, 0.25) is 0 Å². The molecule has 6 heteroatoms. The van der Waals surface area contributed by atoms with Crippen LogP contribution in [0.2, 0.25) is 0 Å². The fourth-order valence-electron chi connectivity index (χ4n) is 3.26. The van der Waals surface area contributed by atoms with Crippen molar-refractivity contribution in [3.63, 3.8) is 0 Å². The molecule has 24 heavy (non-hydrogen) atoms. The van der Waals surface area contributed by atoms with E-state index in [0.717, 1.165) is 16.3 Å². The molecule has 0 amide bonds. The van der Waals surface area contributed by atoms with E-state index in [1.807, 2.05) is 54.6 Å². The van der Waals surface area contributed by atoms with Crippen LogP contribution in [-0.4, -0.2) is 14.4 Å². The molecular weight excluding hydrogens is 302 g/mol. The fraction of sp³-hybridized carbons (Fsp3) is 0. The van der Waals surface area contributed by atoms with Crippen LogP contribution >= 0.6 is 0 Å². The molecule has 0 bridgehead atoms. The standard InChI is InChI=1S/C18H11N5O/c19-22-15-11-6-2-4-8-14(11)23-17(15)21-16-12(18(23)24)9-10-5-1-3-7-13(10)20-16/h1-9,19H,(H,20,21). The lowest BCUT2D eigenvalue weighted by molar-refractivity contribution is 1.11. The molecule has 3 aromatic heterocycles. The molecule has 0 saturated heterocycles. The summed E-state index contributed by atoms with van der Waals surface area (Å²) in [4.78, 5) is 20.9. The molecule has 0 aliphatic heterocycles. The van der Waals surface area contributed by atoms with Gasteiger partial charge in [0.15, 0.2) is 5.65 Å². The number of pyridine rings is 1. The predicted molar refractivity (Wildman–Crippen MR) is 93.1 cm³/mol. The molecule has 0 atom stereocenters. The van der Waals surface area contributed by atoms with Gasteiger partial charge in [0.1, 0.15) is 11.3 Å². The Morgan fingerprint density at radius 1 is 1.04 bits per heavy atom. The average molecular weight is 313 g/mol. The van der Waals surface area contributed by atoms with Gasteiger partial charge in [-0.15, -0.1) is 0 Å². The van der Waals surface area contributed by atoms with Crippen LogP contribution in [0.5, 0.6) is 0 Å². The van der Waals surface area contributed by atoms with E-state index in [1.165, 1.54) is 4.40 Å². The molecule has 114 valence electrons. The van der Waals surface area contributed by atoms with Gasteiger partial charge in [-0.3, -0.25) is 9.20 Å². The number of rotatable bonds is 1. The van der Waals surface area contributed by atoms with Crippen LogP contribution in [0.1, 0.15) is 0 Å². The average Bonchev–Trinajstić information content (AvgIpc) is 2.94. The largest absolute Gasteiger partial charge is 0.339 e. The van der Waals surface area contributed by atoms with Gasteiger partial charge in [0, 0.05) is 10.9 Å². The highest BCUT2D eigenvalue weighted by molar-refractivity contribution is 6.02. The summed E-state index contributed by atoms with van der Waals surface area (Å²) >= 11 is 0. The Labute approximate surface area is 134 Å². The highest BCUT2D eigenvalue weighted by Crippen LogP contribution is 2.32. The number of nitrogens with zero attached hydrogens (tertiary/aromatic N) is 3. The van der Waals surface area contributed by atoms with Crippen LogP contribution in [0, 0.1) is 5.53 Å². The summed E-state index contributed by atoms with van der Waals surface area (Å²) in [6.45, 7) is 0. The van der Waals surface area contributed by atoms with Crippen molar-refractivity contribution in [3.8, 4) is 0 Å². The van der Waals surface area contributed by atoms with Crippen molar-refractivity contribution < 1.29 is 0 Å². The Bertz CT molecular complexity index is 1350. The third-order valence-electron chi connectivity index (χ3n) is 4.36. The summed E-state index contributed by atoms with van der Waals surface area (Å²) in [5, 5.41) is 5.82. The van der Waals surface area contributed by atoms with Crippen molar-refractivity contribution in [1.29, 1.82) is 5.53 Å². The smallest absolute Gasteiger partial charge is 0.267 e. The van der Waals surface area contributed by atoms with Crippen molar-refractivity contribution in [2.45, 2.75) is 0 Å². The van der Waals surface area contributed by atoms with Gasteiger partial charge < -0.3 is 4.98 Å². The first-order valence-corrected chi connectivity index (χ1v) is 7.50. The summed E-state index contributed by atoms with van der Waals surface area (Å²) in [6.07, 6.45) is 0. The number of fused-ring (bicyclic) bond motifs is 5. The lowest BCUT2D eigenvalue weighted by Gasteiger charge is -2.04. The second-order valence-corrected chi connectivity index (χ2v) is 5.67. The maximum atomic E-state index is 13.1. The second kappa shape index (κ2) is 4.48. The Morgan fingerprint density at radius 2 is 1.83 bits per heavy atom. The van der Waals surface area contributed by atoms with Gasteiger partial charge in [0.05, 0.1) is 10.9 Å². The van der Waals surface area contributed by atoms with E-state index in [1.54, 1.807) is 0 Å². The summed E-state index contributed by atoms with van der Waals surface area (Å²) in [5.74, 6) is 0. The first kappa shape index (κ1) is 13.0. The number of aromatic amines is 1. The molecule has 2 N–H and O–H groups in total. The normalized spacial score (nSPS) is 11.7. The zero-order valence-electron chi connectivity index (χ0n) is 12.4. The van der Waals surface area contributed by atoms with Gasteiger partial charge >= 0.3 is 0 Å². The van der Waals surface area contributed by atoms with Crippen molar-refractivity contribution >= 4 is 44.2 Å². The number of aromatic nitrogens is 3. The van der Waals surface area contributed by atoms with Crippen molar-refractivity contribution in [1.82, 2.24) is 14.4 Å². The number of benzene rings is 2. The quantitative estimate of drug-likeness (QED) is 0.360. The summed E-state index contributed by atoms with van der Waals surface area (Å²) in [6, 6.07) is 17.0. The van der Waals surface area contributed by atoms with E-state index >= 15 is 0 Å². The first-order chi connectivity index (χ1) is 11.8. The minimum Gasteiger partial charge on any atom is -0.339 e. The molecule has 0 unspecified atom stereocenters. The second-order valence-electron chi connectivity index (χ2n) is 5.67. The Hall–Kier alpha value is -3.54. The minimum atomic E-state index is -0.164. The van der Waals surface area contributed by atoms with Gasteiger partial charge in [-0.05, 0) is 23.6 Å². The molecule has 3 heterocycles. The van der Waals surface area contributed by atoms with Gasteiger partial charge in [-0.1, -0.05) is 36.4 Å². The predicted octanol–water partition coefficient (Wildman–Crippen LogP) is 4.14. The van der Waals surface area contributed by atoms with Gasteiger partial charge in [-0.2, -0.15) is 5.11 Å². The first-order valence-electron chi connectivity index (χ1n) is 7.50. The third-order valence-corrected chi connectivity index (χ3v) is 4.36. The van der Waals surface area contributed by atoms with Crippen LogP contribution in [0.3, 0.4) is 0 Å². The van der Waals surface area contributed by atoms with E-state index in [9.17, 15) is 4.79 Å². The van der Waals surface area contributed by atoms with Crippen LogP contribution in [-0.2, 0) is 0 Å². The topological polar surface area (TPSA) is 86.4 Å². The van der Waals surface area contributed by atoms with E-state index in [-0.39, 0.29) is 5.56 Å². The molecular formula is C18H11N5O. The van der Waals surface area contributed by atoms with E-state index in [2.05, 4.69) is 15.1 Å². The lowest BCUT2D eigenvalue weighted by atomic mass is 10.2. The maximum absolute atomic E-state index is 13.1. The van der Waals surface area contributed by atoms with Crippen LogP contribution in [0.4, 0.5) is 5.69 Å². The van der Waals surface area contributed by atoms with Gasteiger partial charge in [0.25, 0.3) is 5.56 Å². The number of para-hydroxylation sites is 2. The highest BCUT2D eigenvalue weighted by Gasteiger charge is 2.17. The van der Waals surface area contributed by atoms with Crippen LogP contribution < -0.4 is 5.56 Å².